The van der Waals surface area contributed by atoms with Gasteiger partial charge in [-0.05, 0) is 79.8 Å². The van der Waals surface area contributed by atoms with Crippen molar-refractivity contribution in [3.63, 3.8) is 0 Å². The zero-order chi connectivity index (χ0) is 24.6. The lowest BCUT2D eigenvalue weighted by molar-refractivity contribution is 0.601. The Balaban J connectivity index is 1.37. The zero-order valence-electron chi connectivity index (χ0n) is 19.6. The highest BCUT2D eigenvalue weighted by atomic mass is 32.2. The molecule has 3 N–H and O–H groups in total. The molecule has 3 aromatic carbocycles. The van der Waals surface area contributed by atoms with E-state index < -0.39 is 10.0 Å². The number of rotatable bonds is 6. The number of hydrogen-bond acceptors (Lipinski definition) is 5. The summed E-state index contributed by atoms with van der Waals surface area (Å²) in [6.07, 6.45) is 3.36. The molecule has 2 heterocycles. The van der Waals surface area contributed by atoms with Gasteiger partial charge in [0, 0.05) is 22.7 Å². The van der Waals surface area contributed by atoms with E-state index in [1.54, 1.807) is 42.6 Å². The van der Waals surface area contributed by atoms with Crippen molar-refractivity contribution in [1.29, 1.82) is 0 Å². The number of sulfonamides is 1. The predicted octanol–water partition coefficient (Wildman–Crippen LogP) is 5.57. The van der Waals surface area contributed by atoms with Crippen LogP contribution < -0.4 is 10.5 Å². The van der Waals surface area contributed by atoms with E-state index in [1.807, 2.05) is 38.1 Å². The van der Waals surface area contributed by atoms with Crippen LogP contribution in [-0.2, 0) is 22.9 Å². The van der Waals surface area contributed by atoms with Gasteiger partial charge < -0.3 is 5.73 Å². The highest BCUT2D eigenvalue weighted by molar-refractivity contribution is 7.92. The van der Waals surface area contributed by atoms with Gasteiger partial charge in [0.15, 0.2) is 5.82 Å². The lowest BCUT2D eigenvalue weighted by Gasteiger charge is -2.12. The summed E-state index contributed by atoms with van der Waals surface area (Å²) in [7, 11) is -3.63. The van der Waals surface area contributed by atoms with Gasteiger partial charge in [0.1, 0.15) is 5.52 Å². The molecule has 0 aliphatic carbocycles. The molecule has 0 aliphatic rings. The smallest absolute Gasteiger partial charge is 0.261 e. The normalized spacial score (nSPS) is 11.7. The number of nitrogens with two attached hydrogens (primary N) is 1. The minimum absolute atomic E-state index is 0.243. The number of anilines is 2. The van der Waals surface area contributed by atoms with Crippen molar-refractivity contribution in [2.75, 3.05) is 10.5 Å². The van der Waals surface area contributed by atoms with Crippen LogP contribution in [0.15, 0.2) is 83.9 Å². The molecule has 35 heavy (non-hydrogen) atoms. The molecule has 7 heteroatoms. The molecule has 0 unspecified atom stereocenters. The minimum Gasteiger partial charge on any atom is -0.382 e. The summed E-state index contributed by atoms with van der Waals surface area (Å²) < 4.78 is 28.0. The Morgan fingerprint density at radius 1 is 0.857 bits per heavy atom. The molecular weight excluding hydrogens is 456 g/mol. The summed E-state index contributed by atoms with van der Waals surface area (Å²) in [5, 5.41) is 2.08. The van der Waals surface area contributed by atoms with Crippen LogP contribution in [0.2, 0.25) is 0 Å². The van der Waals surface area contributed by atoms with Crippen molar-refractivity contribution < 1.29 is 8.42 Å². The molecule has 5 aromatic rings. The minimum atomic E-state index is -3.63. The van der Waals surface area contributed by atoms with Gasteiger partial charge >= 0.3 is 0 Å². The standard InChI is InChI=1S/C28H26N4O2S/c1-18-3-12-23(13-4-18)35(33,34)32-22-10-7-20(8-11-22)6-9-21-15-16-30-27-26(21)24-14-5-19(2)17-25(24)31-28(27)29/h3-5,7-8,10-17,32H,6,9H2,1-2H3,(H2,29,31). The first-order valence-corrected chi connectivity index (χ1v) is 12.9. The number of aromatic nitrogens is 2. The van der Waals surface area contributed by atoms with Crippen molar-refractivity contribution in [3.05, 3.63) is 101 Å². The number of fused-ring (bicyclic) bond motifs is 3. The predicted molar refractivity (Wildman–Crippen MR) is 142 cm³/mol. The quantitative estimate of drug-likeness (QED) is 0.308. The van der Waals surface area contributed by atoms with Gasteiger partial charge in [0.2, 0.25) is 0 Å². The van der Waals surface area contributed by atoms with Crippen molar-refractivity contribution in [2.24, 2.45) is 0 Å². The topological polar surface area (TPSA) is 98.0 Å². The van der Waals surface area contributed by atoms with E-state index in [4.69, 9.17) is 5.73 Å². The van der Waals surface area contributed by atoms with Crippen LogP contribution in [0.5, 0.6) is 0 Å². The third-order valence-electron chi connectivity index (χ3n) is 6.16. The fourth-order valence-electron chi connectivity index (χ4n) is 4.28. The number of aryl methyl sites for hydroxylation is 4. The first-order valence-electron chi connectivity index (χ1n) is 11.4. The molecular formula is C28H26N4O2S. The maximum absolute atomic E-state index is 12.7. The number of nitrogens with zero attached hydrogens (tertiary/aromatic N) is 2. The van der Waals surface area contributed by atoms with Gasteiger partial charge in [-0.1, -0.05) is 42.0 Å². The van der Waals surface area contributed by atoms with Crippen molar-refractivity contribution in [2.45, 2.75) is 31.6 Å². The zero-order valence-corrected chi connectivity index (χ0v) is 20.4. The molecule has 176 valence electrons. The van der Waals surface area contributed by atoms with Crippen molar-refractivity contribution in [3.8, 4) is 0 Å². The Bertz CT molecular complexity index is 1650. The second kappa shape index (κ2) is 9.00. The van der Waals surface area contributed by atoms with Crippen LogP contribution >= 0.6 is 0 Å². The second-order valence-corrected chi connectivity index (χ2v) is 10.5. The number of nitrogen functional groups attached to an aromatic ring is 1. The molecule has 0 bridgehead atoms. The summed E-state index contributed by atoms with van der Waals surface area (Å²) in [4.78, 5) is 9.28. The van der Waals surface area contributed by atoms with Crippen LogP contribution in [0, 0.1) is 13.8 Å². The molecule has 2 aromatic heterocycles. The van der Waals surface area contributed by atoms with Gasteiger partial charge in [-0.3, -0.25) is 9.71 Å². The van der Waals surface area contributed by atoms with Gasteiger partial charge in [-0.25, -0.2) is 13.4 Å². The Morgan fingerprint density at radius 3 is 2.31 bits per heavy atom. The lowest BCUT2D eigenvalue weighted by atomic mass is 9.98. The molecule has 0 radical (unpaired) electrons. The summed E-state index contributed by atoms with van der Waals surface area (Å²) in [6, 6.07) is 22.5. The average molecular weight is 483 g/mol. The van der Waals surface area contributed by atoms with Gasteiger partial charge in [0.05, 0.1) is 10.4 Å². The fraction of sp³-hybridized carbons (Fsp3) is 0.143. The Kier molecular flexibility index (Phi) is 5.86. The molecule has 0 aliphatic heterocycles. The number of hydrogen-bond donors (Lipinski definition) is 2. The number of pyridine rings is 2. The van der Waals surface area contributed by atoms with E-state index in [0.29, 0.717) is 11.5 Å². The van der Waals surface area contributed by atoms with Gasteiger partial charge in [0.25, 0.3) is 10.0 Å². The van der Waals surface area contributed by atoms with E-state index in [9.17, 15) is 8.42 Å². The summed E-state index contributed by atoms with van der Waals surface area (Å²) in [5.41, 5.74) is 12.8. The average Bonchev–Trinajstić information content (AvgIpc) is 2.83. The highest BCUT2D eigenvalue weighted by Crippen LogP contribution is 2.30. The van der Waals surface area contributed by atoms with Crippen LogP contribution in [0.3, 0.4) is 0 Å². The largest absolute Gasteiger partial charge is 0.382 e. The molecule has 0 atom stereocenters. The van der Waals surface area contributed by atoms with Gasteiger partial charge in [-0.2, -0.15) is 0 Å². The Morgan fingerprint density at radius 2 is 1.57 bits per heavy atom. The first-order chi connectivity index (χ1) is 16.8. The van der Waals surface area contributed by atoms with Crippen molar-refractivity contribution >= 4 is 43.3 Å². The number of benzene rings is 3. The monoisotopic (exact) mass is 482 g/mol. The molecule has 0 amide bonds. The van der Waals surface area contributed by atoms with E-state index in [2.05, 4.69) is 26.8 Å². The Hall–Kier alpha value is -3.97. The van der Waals surface area contributed by atoms with Crippen LogP contribution in [0.1, 0.15) is 22.3 Å². The molecule has 0 fully saturated rings. The summed E-state index contributed by atoms with van der Waals surface area (Å²) in [6.45, 7) is 3.96. The van der Waals surface area contributed by atoms with Crippen LogP contribution in [0.25, 0.3) is 21.8 Å². The summed E-state index contributed by atoms with van der Waals surface area (Å²) >= 11 is 0. The summed E-state index contributed by atoms with van der Waals surface area (Å²) in [5.74, 6) is 0.435. The second-order valence-electron chi connectivity index (χ2n) is 8.83. The third-order valence-corrected chi connectivity index (χ3v) is 7.56. The maximum atomic E-state index is 12.7. The third kappa shape index (κ3) is 4.68. The van der Waals surface area contributed by atoms with E-state index in [0.717, 1.165) is 56.9 Å². The number of nitrogens with one attached hydrogen (secondary N) is 1. The SMILES string of the molecule is Cc1ccc(S(=O)(=O)Nc2ccc(CCc3ccnc4c(N)nc5cc(C)ccc5c34)cc2)cc1. The molecule has 5 rings (SSSR count). The first kappa shape index (κ1) is 22.8. The fourth-order valence-corrected chi connectivity index (χ4v) is 5.34. The van der Waals surface area contributed by atoms with E-state index in [1.165, 1.54) is 0 Å². The van der Waals surface area contributed by atoms with Crippen LogP contribution in [0.4, 0.5) is 11.5 Å². The lowest BCUT2D eigenvalue weighted by Crippen LogP contribution is -2.12. The molecule has 6 nitrogen and oxygen atoms in total. The van der Waals surface area contributed by atoms with Crippen molar-refractivity contribution in [1.82, 2.24) is 9.97 Å². The highest BCUT2D eigenvalue weighted by Gasteiger charge is 2.14. The van der Waals surface area contributed by atoms with E-state index in [-0.39, 0.29) is 4.90 Å². The maximum Gasteiger partial charge on any atom is 0.261 e. The molecule has 0 saturated carbocycles. The van der Waals surface area contributed by atoms with E-state index >= 15 is 0 Å². The Labute approximate surface area is 204 Å². The van der Waals surface area contributed by atoms with Crippen LogP contribution in [-0.4, -0.2) is 18.4 Å². The van der Waals surface area contributed by atoms with Gasteiger partial charge in [-0.15, -0.1) is 0 Å². The molecule has 0 saturated heterocycles. The molecule has 0 spiro atoms.